The first kappa shape index (κ1) is 23.2. The Morgan fingerprint density at radius 3 is 2.80 bits per heavy atom. The number of tetrazole rings is 1. The number of aromatic nitrogens is 5. The predicted octanol–water partition coefficient (Wildman–Crippen LogP) is 3.06. The van der Waals surface area contributed by atoms with Gasteiger partial charge in [-0.1, -0.05) is 23.8 Å². The van der Waals surface area contributed by atoms with E-state index in [1.165, 1.54) is 0 Å². The second kappa shape index (κ2) is 10.4. The number of ether oxygens (including phenoxy) is 2. The summed E-state index contributed by atoms with van der Waals surface area (Å²) in [6.07, 6.45) is 2.21. The topological polar surface area (TPSA) is 98.2 Å². The van der Waals surface area contributed by atoms with Gasteiger partial charge in [-0.05, 0) is 71.5 Å². The number of aryl methyl sites for hydroxylation is 1. The summed E-state index contributed by atoms with van der Waals surface area (Å²) in [6, 6.07) is 15.9. The molecule has 1 N–H and O–H groups in total. The second-order valence-electron chi connectivity index (χ2n) is 9.12. The summed E-state index contributed by atoms with van der Waals surface area (Å²) in [6.45, 7) is 5.08. The zero-order valence-electron chi connectivity index (χ0n) is 20.1. The molecule has 0 amide bonds. The summed E-state index contributed by atoms with van der Waals surface area (Å²) in [4.78, 5) is 18.1. The summed E-state index contributed by atoms with van der Waals surface area (Å²) in [5.74, 6) is 1.55. The van der Waals surface area contributed by atoms with Crippen molar-refractivity contribution in [3.8, 4) is 5.75 Å². The molecule has 0 aliphatic carbocycles. The second-order valence-corrected chi connectivity index (χ2v) is 9.12. The van der Waals surface area contributed by atoms with Gasteiger partial charge >= 0.3 is 0 Å². The fraction of sp³-hybridized carbons (Fsp3) is 0.385. The molecular formula is C26H30N6O3. The minimum atomic E-state index is -0.0727. The molecule has 35 heavy (non-hydrogen) atoms. The molecule has 1 atom stereocenters. The number of benzene rings is 2. The van der Waals surface area contributed by atoms with Gasteiger partial charge in [0.05, 0.1) is 26.3 Å². The third-order valence-electron chi connectivity index (χ3n) is 6.42. The molecule has 9 nitrogen and oxygen atoms in total. The average molecular weight is 475 g/mol. The molecule has 0 bridgehead atoms. The molecule has 0 saturated carbocycles. The van der Waals surface area contributed by atoms with Crippen LogP contribution in [0.4, 0.5) is 0 Å². The Morgan fingerprint density at radius 2 is 2.03 bits per heavy atom. The van der Waals surface area contributed by atoms with Gasteiger partial charge in [0.15, 0.2) is 5.82 Å². The van der Waals surface area contributed by atoms with E-state index in [4.69, 9.17) is 9.47 Å². The number of fused-ring (bicyclic) bond motifs is 1. The van der Waals surface area contributed by atoms with Crippen molar-refractivity contribution < 1.29 is 9.47 Å². The molecule has 3 heterocycles. The molecule has 5 rings (SSSR count). The van der Waals surface area contributed by atoms with Gasteiger partial charge in [0.1, 0.15) is 5.75 Å². The molecule has 1 unspecified atom stereocenters. The van der Waals surface area contributed by atoms with Crippen LogP contribution in [-0.4, -0.2) is 56.5 Å². The van der Waals surface area contributed by atoms with E-state index in [9.17, 15) is 4.79 Å². The average Bonchev–Trinajstić information content (AvgIpc) is 3.52. The summed E-state index contributed by atoms with van der Waals surface area (Å²) in [5.41, 5.74) is 3.72. The van der Waals surface area contributed by atoms with Crippen LogP contribution >= 0.6 is 0 Å². The molecule has 1 saturated heterocycles. The fourth-order valence-corrected chi connectivity index (χ4v) is 4.55. The minimum absolute atomic E-state index is 0.0727. The van der Waals surface area contributed by atoms with Crippen LogP contribution in [0.5, 0.6) is 5.75 Å². The number of nitrogens with zero attached hydrogens (tertiary/aromatic N) is 5. The Bertz CT molecular complexity index is 1340. The number of methoxy groups -OCH3 is 1. The lowest BCUT2D eigenvalue weighted by molar-refractivity contribution is 0.0663. The monoisotopic (exact) mass is 474 g/mol. The number of hydrogen-bond acceptors (Lipinski definition) is 7. The first-order valence-corrected chi connectivity index (χ1v) is 11.9. The highest BCUT2D eigenvalue weighted by Gasteiger charge is 2.22. The summed E-state index contributed by atoms with van der Waals surface area (Å²) < 4.78 is 13.0. The summed E-state index contributed by atoms with van der Waals surface area (Å²) >= 11 is 0. The van der Waals surface area contributed by atoms with Crippen molar-refractivity contribution >= 4 is 10.9 Å². The van der Waals surface area contributed by atoms with Crippen LogP contribution in [0.3, 0.4) is 0 Å². The van der Waals surface area contributed by atoms with Gasteiger partial charge in [0.25, 0.3) is 5.56 Å². The molecule has 0 spiro atoms. The molecule has 1 aliphatic heterocycles. The highest BCUT2D eigenvalue weighted by molar-refractivity contribution is 5.79. The number of nitrogens with one attached hydrogen (secondary N) is 1. The molecular weight excluding hydrogens is 444 g/mol. The van der Waals surface area contributed by atoms with Gasteiger partial charge < -0.3 is 14.5 Å². The highest BCUT2D eigenvalue weighted by atomic mass is 16.5. The predicted molar refractivity (Wildman–Crippen MR) is 132 cm³/mol. The Morgan fingerprint density at radius 1 is 1.17 bits per heavy atom. The summed E-state index contributed by atoms with van der Waals surface area (Å²) in [5, 5.41) is 13.5. The van der Waals surface area contributed by atoms with E-state index in [2.05, 4.69) is 38.4 Å². The molecule has 4 aromatic rings. The molecule has 182 valence electrons. The molecule has 2 aromatic heterocycles. The quantitative estimate of drug-likeness (QED) is 0.398. The van der Waals surface area contributed by atoms with Crippen LogP contribution in [0.15, 0.2) is 53.3 Å². The van der Waals surface area contributed by atoms with Crippen molar-refractivity contribution in [1.29, 1.82) is 0 Å². The van der Waals surface area contributed by atoms with Crippen LogP contribution in [0, 0.1) is 6.92 Å². The Kier molecular flexibility index (Phi) is 6.87. The lowest BCUT2D eigenvalue weighted by Crippen LogP contribution is -2.34. The van der Waals surface area contributed by atoms with Crippen LogP contribution in [0.1, 0.15) is 35.4 Å². The van der Waals surface area contributed by atoms with Crippen LogP contribution in [0.2, 0.25) is 0 Å². The zero-order valence-corrected chi connectivity index (χ0v) is 20.1. The molecule has 2 aromatic carbocycles. The van der Waals surface area contributed by atoms with Gasteiger partial charge in [0.2, 0.25) is 0 Å². The molecule has 9 heteroatoms. The van der Waals surface area contributed by atoms with Gasteiger partial charge in [-0.3, -0.25) is 9.69 Å². The minimum Gasteiger partial charge on any atom is -0.497 e. The number of pyridine rings is 1. The lowest BCUT2D eigenvalue weighted by atomic mass is 10.1. The SMILES string of the molecule is COc1ccc(Cn2nnnc2CN(Cc2cc3cc(C)ccc3[nH]c2=O)CC2CCCO2)cc1. The van der Waals surface area contributed by atoms with E-state index in [1.807, 2.05) is 42.5 Å². The first-order chi connectivity index (χ1) is 17.1. The molecule has 0 radical (unpaired) electrons. The molecule has 1 aliphatic rings. The van der Waals surface area contributed by atoms with Crippen LogP contribution in [-0.2, 0) is 24.4 Å². The number of hydrogen-bond donors (Lipinski definition) is 1. The third-order valence-corrected chi connectivity index (χ3v) is 6.42. The van der Waals surface area contributed by atoms with Crippen molar-refractivity contribution in [2.45, 2.75) is 45.5 Å². The number of aromatic amines is 1. The number of H-pyrrole nitrogens is 1. The van der Waals surface area contributed by atoms with Crippen molar-refractivity contribution in [3.05, 3.63) is 81.4 Å². The Labute approximate surface area is 203 Å². The van der Waals surface area contributed by atoms with Crippen molar-refractivity contribution in [3.63, 3.8) is 0 Å². The van der Waals surface area contributed by atoms with Gasteiger partial charge in [0, 0.05) is 30.8 Å². The lowest BCUT2D eigenvalue weighted by Gasteiger charge is -2.24. The van der Waals surface area contributed by atoms with Gasteiger partial charge in [-0.25, -0.2) is 4.68 Å². The maximum Gasteiger partial charge on any atom is 0.252 e. The maximum absolute atomic E-state index is 12.9. The smallest absolute Gasteiger partial charge is 0.252 e. The van der Waals surface area contributed by atoms with Gasteiger partial charge in [-0.2, -0.15) is 0 Å². The van der Waals surface area contributed by atoms with E-state index in [-0.39, 0.29) is 11.7 Å². The largest absolute Gasteiger partial charge is 0.497 e. The first-order valence-electron chi connectivity index (χ1n) is 11.9. The van der Waals surface area contributed by atoms with E-state index in [0.29, 0.717) is 26.2 Å². The van der Waals surface area contributed by atoms with Crippen molar-refractivity contribution in [2.24, 2.45) is 0 Å². The maximum atomic E-state index is 12.9. The van der Waals surface area contributed by atoms with Gasteiger partial charge in [-0.15, -0.1) is 5.10 Å². The summed E-state index contributed by atoms with van der Waals surface area (Å²) in [7, 11) is 1.65. The van der Waals surface area contributed by atoms with E-state index >= 15 is 0 Å². The van der Waals surface area contributed by atoms with Crippen LogP contribution < -0.4 is 10.3 Å². The van der Waals surface area contributed by atoms with E-state index in [1.54, 1.807) is 11.8 Å². The standard InChI is InChI=1S/C26H30N6O3/c1-18-5-10-24-20(12-18)13-21(26(33)27-24)15-31(16-23-4-3-11-35-23)17-25-28-29-30-32(25)14-19-6-8-22(34-2)9-7-19/h5-10,12-13,23H,3-4,11,14-17H2,1-2H3,(H,27,33). The molecule has 1 fully saturated rings. The number of rotatable bonds is 9. The van der Waals surface area contributed by atoms with Crippen molar-refractivity contribution in [1.82, 2.24) is 30.1 Å². The van der Waals surface area contributed by atoms with Crippen molar-refractivity contribution in [2.75, 3.05) is 20.3 Å². The van der Waals surface area contributed by atoms with Crippen LogP contribution in [0.25, 0.3) is 10.9 Å². The highest BCUT2D eigenvalue weighted by Crippen LogP contribution is 2.19. The Balaban J connectivity index is 1.38. The van der Waals surface area contributed by atoms with E-state index in [0.717, 1.165) is 58.6 Å². The normalized spacial score (nSPS) is 15.8. The van der Waals surface area contributed by atoms with E-state index < -0.39 is 0 Å². The fourth-order valence-electron chi connectivity index (χ4n) is 4.55. The third kappa shape index (κ3) is 5.58. The Hall–Kier alpha value is -3.56. The zero-order chi connectivity index (χ0) is 24.2.